The minimum atomic E-state index is -0.0823. The maximum Gasteiger partial charge on any atom is 0.141 e. The molecule has 0 saturated heterocycles. The van der Waals surface area contributed by atoms with Crippen molar-refractivity contribution in [1.29, 1.82) is 0 Å². The van der Waals surface area contributed by atoms with Crippen LogP contribution in [0.4, 0.5) is 0 Å². The molecule has 3 nitrogen and oxygen atoms in total. The molecule has 2 aromatic rings. The van der Waals surface area contributed by atoms with Crippen molar-refractivity contribution in [3.63, 3.8) is 0 Å². The number of hydrogen-bond acceptors (Lipinski definition) is 3. The van der Waals surface area contributed by atoms with Gasteiger partial charge in [-0.1, -0.05) is 11.2 Å². The molecule has 0 amide bonds. The van der Waals surface area contributed by atoms with E-state index in [0.29, 0.717) is 0 Å². The summed E-state index contributed by atoms with van der Waals surface area (Å²) in [7, 11) is 0. The van der Waals surface area contributed by atoms with E-state index in [4.69, 9.17) is 10.3 Å². The van der Waals surface area contributed by atoms with Gasteiger partial charge in [-0.05, 0) is 37.5 Å². The van der Waals surface area contributed by atoms with Crippen LogP contribution in [0.25, 0.3) is 10.9 Å². The Morgan fingerprint density at radius 1 is 1.43 bits per heavy atom. The molecule has 2 N–H and O–H groups in total. The Bertz CT molecular complexity index is 497. The molecule has 1 aromatic heterocycles. The Hall–Kier alpha value is -1.35. The smallest absolute Gasteiger partial charge is 0.141 e. The molecule has 1 aliphatic rings. The fourth-order valence-corrected chi connectivity index (χ4v) is 1.80. The second kappa shape index (κ2) is 2.36. The molecule has 0 radical (unpaired) electrons. The fourth-order valence-electron chi connectivity index (χ4n) is 1.80. The molecule has 1 aliphatic carbocycles. The molecule has 3 rings (SSSR count). The van der Waals surface area contributed by atoms with Gasteiger partial charge in [0.2, 0.25) is 0 Å². The van der Waals surface area contributed by atoms with Crippen LogP contribution in [0.15, 0.2) is 22.7 Å². The summed E-state index contributed by atoms with van der Waals surface area (Å²) in [5.74, 6) is 0.869. The number of nitrogens with two attached hydrogens (primary N) is 1. The van der Waals surface area contributed by atoms with Crippen LogP contribution in [0.2, 0.25) is 0 Å². The molecule has 14 heavy (non-hydrogen) atoms. The highest BCUT2D eigenvalue weighted by molar-refractivity contribution is 5.81. The van der Waals surface area contributed by atoms with Crippen molar-refractivity contribution in [3.05, 3.63) is 29.5 Å². The van der Waals surface area contributed by atoms with E-state index in [2.05, 4.69) is 11.2 Å². The zero-order valence-corrected chi connectivity index (χ0v) is 8.08. The largest absolute Gasteiger partial charge is 0.360 e. The first-order chi connectivity index (χ1) is 6.69. The molecule has 0 aliphatic heterocycles. The molecule has 72 valence electrons. The highest BCUT2D eigenvalue weighted by atomic mass is 16.5. The summed E-state index contributed by atoms with van der Waals surface area (Å²) >= 11 is 0. The summed E-state index contributed by atoms with van der Waals surface area (Å²) in [6.07, 6.45) is 2.16. The Labute approximate surface area is 81.9 Å². The first kappa shape index (κ1) is 8.00. The van der Waals surface area contributed by atoms with Crippen molar-refractivity contribution in [1.82, 2.24) is 5.16 Å². The number of aryl methyl sites for hydroxylation is 1. The lowest BCUT2D eigenvalue weighted by Crippen LogP contribution is -2.18. The third kappa shape index (κ3) is 0.990. The van der Waals surface area contributed by atoms with E-state index in [0.717, 1.165) is 29.5 Å². The average Bonchev–Trinajstić information content (AvgIpc) is 2.84. The second-order valence-corrected chi connectivity index (χ2v) is 4.13. The Morgan fingerprint density at radius 3 is 2.93 bits per heavy atom. The molecular weight excluding hydrogens is 176 g/mol. The van der Waals surface area contributed by atoms with Crippen molar-refractivity contribution < 1.29 is 4.52 Å². The Morgan fingerprint density at radius 2 is 2.21 bits per heavy atom. The van der Waals surface area contributed by atoms with Crippen LogP contribution in [0.5, 0.6) is 0 Å². The molecule has 1 heterocycles. The van der Waals surface area contributed by atoms with Gasteiger partial charge in [0.15, 0.2) is 0 Å². The number of hydrogen-bond donors (Lipinski definition) is 1. The van der Waals surface area contributed by atoms with Gasteiger partial charge in [-0.25, -0.2) is 0 Å². The van der Waals surface area contributed by atoms with Crippen LogP contribution in [0.1, 0.15) is 24.2 Å². The lowest BCUT2D eigenvalue weighted by atomic mass is 10.0. The van der Waals surface area contributed by atoms with Crippen LogP contribution in [-0.2, 0) is 5.54 Å². The van der Waals surface area contributed by atoms with E-state index in [1.54, 1.807) is 0 Å². The van der Waals surface area contributed by atoms with Gasteiger partial charge in [0.25, 0.3) is 0 Å². The van der Waals surface area contributed by atoms with Crippen LogP contribution in [0, 0.1) is 6.92 Å². The highest BCUT2D eigenvalue weighted by Crippen LogP contribution is 2.43. The highest BCUT2D eigenvalue weighted by Gasteiger charge is 2.40. The third-order valence-electron chi connectivity index (χ3n) is 3.02. The van der Waals surface area contributed by atoms with Gasteiger partial charge in [-0.15, -0.1) is 0 Å². The summed E-state index contributed by atoms with van der Waals surface area (Å²) in [5, 5.41) is 5.07. The number of benzene rings is 1. The van der Waals surface area contributed by atoms with Crippen molar-refractivity contribution in [2.24, 2.45) is 5.73 Å². The minimum Gasteiger partial charge on any atom is -0.360 e. The van der Waals surface area contributed by atoms with Gasteiger partial charge >= 0.3 is 0 Å². The third-order valence-corrected chi connectivity index (χ3v) is 3.02. The van der Waals surface area contributed by atoms with Gasteiger partial charge in [0.05, 0.1) is 0 Å². The van der Waals surface area contributed by atoms with Crippen LogP contribution >= 0.6 is 0 Å². The zero-order valence-electron chi connectivity index (χ0n) is 8.08. The monoisotopic (exact) mass is 188 g/mol. The Kier molecular flexibility index (Phi) is 1.35. The molecule has 3 heteroatoms. The van der Waals surface area contributed by atoms with Gasteiger partial charge < -0.3 is 10.3 Å². The van der Waals surface area contributed by atoms with E-state index >= 15 is 0 Å². The number of rotatable bonds is 1. The fraction of sp³-hybridized carbons (Fsp3) is 0.364. The summed E-state index contributed by atoms with van der Waals surface area (Å²) in [4.78, 5) is 0. The summed E-state index contributed by atoms with van der Waals surface area (Å²) in [5.41, 5.74) is 8.12. The molecule has 0 spiro atoms. The summed E-state index contributed by atoms with van der Waals surface area (Å²) < 4.78 is 5.11. The predicted octanol–water partition coefficient (Wildman–Crippen LogP) is 2.08. The second-order valence-electron chi connectivity index (χ2n) is 4.13. The van der Waals surface area contributed by atoms with Gasteiger partial charge in [-0.3, -0.25) is 0 Å². The topological polar surface area (TPSA) is 52.0 Å². The van der Waals surface area contributed by atoms with E-state index in [-0.39, 0.29) is 5.54 Å². The molecule has 1 aromatic carbocycles. The van der Waals surface area contributed by atoms with Crippen molar-refractivity contribution >= 4 is 10.9 Å². The Balaban J connectivity index is 2.21. The molecule has 0 atom stereocenters. The number of fused-ring (bicyclic) bond motifs is 1. The average molecular weight is 188 g/mol. The van der Waals surface area contributed by atoms with Gasteiger partial charge in [0.1, 0.15) is 11.3 Å². The van der Waals surface area contributed by atoms with E-state index < -0.39 is 0 Å². The molecular formula is C11H12N2O. The SMILES string of the molecule is Cc1onc2cc(C3(N)CC3)ccc12. The van der Waals surface area contributed by atoms with E-state index in [1.807, 2.05) is 19.1 Å². The van der Waals surface area contributed by atoms with Crippen LogP contribution < -0.4 is 5.73 Å². The predicted molar refractivity (Wildman–Crippen MR) is 53.8 cm³/mol. The number of aromatic nitrogens is 1. The van der Waals surface area contributed by atoms with Crippen molar-refractivity contribution in [2.75, 3.05) is 0 Å². The summed E-state index contributed by atoms with van der Waals surface area (Å²) in [6.45, 7) is 1.92. The molecule has 1 saturated carbocycles. The standard InChI is InChI=1S/C11H12N2O/c1-7-9-3-2-8(11(12)4-5-11)6-10(9)13-14-7/h2-3,6H,4-5,12H2,1H3. The number of nitrogens with zero attached hydrogens (tertiary/aromatic N) is 1. The lowest BCUT2D eigenvalue weighted by Gasteiger charge is -2.07. The quantitative estimate of drug-likeness (QED) is 0.745. The van der Waals surface area contributed by atoms with E-state index in [9.17, 15) is 0 Å². The minimum absolute atomic E-state index is 0.0823. The first-order valence-electron chi connectivity index (χ1n) is 4.84. The summed E-state index contributed by atoms with van der Waals surface area (Å²) in [6, 6.07) is 6.17. The van der Waals surface area contributed by atoms with E-state index in [1.165, 1.54) is 5.56 Å². The normalized spacial score (nSPS) is 18.7. The molecule has 0 unspecified atom stereocenters. The maximum atomic E-state index is 6.11. The lowest BCUT2D eigenvalue weighted by molar-refractivity contribution is 0.405. The van der Waals surface area contributed by atoms with Gasteiger partial charge in [-0.2, -0.15) is 0 Å². The van der Waals surface area contributed by atoms with Gasteiger partial charge in [0, 0.05) is 10.9 Å². The van der Waals surface area contributed by atoms with Crippen molar-refractivity contribution in [3.8, 4) is 0 Å². The maximum absolute atomic E-state index is 6.11. The zero-order chi connectivity index (χ0) is 9.76. The van der Waals surface area contributed by atoms with Crippen LogP contribution in [0.3, 0.4) is 0 Å². The van der Waals surface area contributed by atoms with Crippen molar-refractivity contribution in [2.45, 2.75) is 25.3 Å². The van der Waals surface area contributed by atoms with Crippen LogP contribution in [-0.4, -0.2) is 5.16 Å². The molecule has 0 bridgehead atoms. The first-order valence-corrected chi connectivity index (χ1v) is 4.84. The molecule has 1 fully saturated rings.